The van der Waals surface area contributed by atoms with Gasteiger partial charge in [-0.3, -0.25) is 0 Å². The van der Waals surface area contributed by atoms with E-state index in [1.807, 2.05) is 0 Å². The van der Waals surface area contributed by atoms with Gasteiger partial charge >= 0.3 is 22.5 Å². The maximum Gasteiger partial charge on any atom is 0.379 e. The number of hydrogen-bond donors (Lipinski definition) is 0. The minimum Gasteiger partial charge on any atom is -0.460 e. The van der Waals surface area contributed by atoms with Crippen molar-refractivity contribution in [3.63, 3.8) is 0 Å². The third-order valence-electron chi connectivity index (χ3n) is 2.08. The topological polar surface area (TPSA) is 105 Å². The molecule has 0 aromatic heterocycles. The van der Waals surface area contributed by atoms with Crippen molar-refractivity contribution in [2.24, 2.45) is 0 Å². The number of thioether (sulfide) groups is 1. The lowest BCUT2D eigenvalue weighted by molar-refractivity contribution is -0.156. The molecule has 0 rings (SSSR count). The van der Waals surface area contributed by atoms with Crippen LogP contribution in [0.5, 0.6) is 0 Å². The van der Waals surface area contributed by atoms with E-state index >= 15 is 0 Å². The summed E-state index contributed by atoms with van der Waals surface area (Å²) in [7, 11) is 0. The Labute approximate surface area is 139 Å². The zero-order chi connectivity index (χ0) is 18.2. The van der Waals surface area contributed by atoms with Crippen molar-refractivity contribution < 1.29 is 38.1 Å². The van der Waals surface area contributed by atoms with Crippen molar-refractivity contribution in [2.75, 3.05) is 0 Å². The van der Waals surface area contributed by atoms with Gasteiger partial charge in [0, 0.05) is 0 Å². The van der Waals surface area contributed by atoms with Crippen molar-refractivity contribution in [2.45, 2.75) is 66.0 Å². The number of hydrogen-bond acceptors (Lipinski definition) is 9. The first kappa shape index (κ1) is 21.2. The first-order valence-electron chi connectivity index (χ1n) is 7.03. The number of carbonyl (C=O) groups is 4. The van der Waals surface area contributed by atoms with Crippen LogP contribution in [-0.2, 0) is 28.5 Å². The average molecular weight is 350 g/mol. The van der Waals surface area contributed by atoms with E-state index in [0.717, 1.165) is 0 Å². The van der Waals surface area contributed by atoms with Crippen LogP contribution in [0.3, 0.4) is 0 Å². The molecular formula is C14H22O8S. The van der Waals surface area contributed by atoms with Crippen molar-refractivity contribution in [1.82, 2.24) is 0 Å². The summed E-state index contributed by atoms with van der Waals surface area (Å²) >= 11 is 0.0910. The van der Waals surface area contributed by atoms with E-state index in [1.165, 1.54) is 13.8 Å². The molecule has 0 aliphatic rings. The lowest BCUT2D eigenvalue weighted by Crippen LogP contribution is -2.29. The van der Waals surface area contributed by atoms with Gasteiger partial charge in [-0.15, -0.1) is 0 Å². The zero-order valence-electron chi connectivity index (χ0n) is 14.0. The zero-order valence-corrected chi connectivity index (χ0v) is 14.8. The number of rotatable bonds is 6. The summed E-state index contributed by atoms with van der Waals surface area (Å²) in [6, 6.07) is 0. The number of carbonyl (C=O) groups excluding carboxylic acids is 4. The smallest absolute Gasteiger partial charge is 0.379 e. The normalized spacial score (nSPS) is 13.2. The van der Waals surface area contributed by atoms with Crippen LogP contribution in [0.15, 0.2) is 0 Å². The average Bonchev–Trinajstić information content (AvgIpc) is 2.36. The van der Waals surface area contributed by atoms with Crippen LogP contribution in [0.25, 0.3) is 0 Å². The fourth-order valence-electron chi connectivity index (χ4n) is 1.16. The van der Waals surface area contributed by atoms with Gasteiger partial charge in [-0.2, -0.15) is 0 Å². The highest BCUT2D eigenvalue weighted by Crippen LogP contribution is 2.14. The number of ether oxygens (including phenoxy) is 4. The molecule has 0 aromatic rings. The van der Waals surface area contributed by atoms with E-state index in [9.17, 15) is 19.2 Å². The molecule has 0 N–H and O–H groups in total. The third-order valence-corrected chi connectivity index (χ3v) is 2.61. The molecule has 0 bridgehead atoms. The monoisotopic (exact) mass is 350 g/mol. The molecule has 9 heteroatoms. The molecule has 2 atom stereocenters. The van der Waals surface area contributed by atoms with Gasteiger partial charge in [0.05, 0.1) is 24.0 Å². The van der Waals surface area contributed by atoms with Crippen LogP contribution in [0, 0.1) is 0 Å². The summed E-state index contributed by atoms with van der Waals surface area (Å²) in [5, 5.41) is -2.07. The van der Waals surface area contributed by atoms with Gasteiger partial charge in [0.1, 0.15) is 0 Å². The molecule has 132 valence electrons. The van der Waals surface area contributed by atoms with E-state index in [-0.39, 0.29) is 24.0 Å². The van der Waals surface area contributed by atoms with Crippen LogP contribution < -0.4 is 0 Å². The Balaban J connectivity index is 4.27. The van der Waals surface area contributed by atoms with Gasteiger partial charge < -0.3 is 18.9 Å². The fraction of sp³-hybridized carbons (Fsp3) is 0.714. The van der Waals surface area contributed by atoms with Crippen molar-refractivity contribution >= 4 is 34.3 Å². The minimum absolute atomic E-state index is 0.0910. The highest BCUT2D eigenvalue weighted by molar-refractivity contribution is 8.25. The molecule has 0 amide bonds. The maximum atomic E-state index is 11.5. The first-order chi connectivity index (χ1) is 10.5. The van der Waals surface area contributed by atoms with E-state index in [2.05, 4.69) is 0 Å². The quantitative estimate of drug-likeness (QED) is 0.528. The Morgan fingerprint density at radius 2 is 0.913 bits per heavy atom. The Hall–Kier alpha value is -1.77. The summed E-state index contributed by atoms with van der Waals surface area (Å²) in [4.78, 5) is 45.9. The lowest BCUT2D eigenvalue weighted by Gasteiger charge is -2.15. The minimum atomic E-state index is -1.16. The molecule has 0 unspecified atom stereocenters. The van der Waals surface area contributed by atoms with E-state index in [1.54, 1.807) is 27.7 Å². The molecule has 0 spiro atoms. The standard InChI is InChI=1S/C14H22O8S/c1-7(2)19-11(15)9(5)21-13(17)23-14(18)22-10(6)12(16)20-8(3)4/h7-10H,1-6H3/t9-,10-/m0/s1. The Kier molecular flexibility index (Phi) is 9.31. The van der Waals surface area contributed by atoms with Gasteiger partial charge in [-0.05, 0) is 41.5 Å². The largest absolute Gasteiger partial charge is 0.460 e. The van der Waals surface area contributed by atoms with Crippen LogP contribution in [0.1, 0.15) is 41.5 Å². The van der Waals surface area contributed by atoms with Gasteiger partial charge in [-0.25, -0.2) is 19.2 Å². The summed E-state index contributed by atoms with van der Waals surface area (Å²) in [5.74, 6) is -1.45. The lowest BCUT2D eigenvalue weighted by atomic mass is 10.4. The predicted molar refractivity (Wildman–Crippen MR) is 81.9 cm³/mol. The van der Waals surface area contributed by atoms with Crippen LogP contribution >= 0.6 is 11.8 Å². The van der Waals surface area contributed by atoms with E-state index in [4.69, 9.17) is 18.9 Å². The Morgan fingerprint density at radius 1 is 0.609 bits per heavy atom. The molecule has 0 saturated heterocycles. The van der Waals surface area contributed by atoms with Gasteiger partial charge in [0.25, 0.3) is 0 Å². The van der Waals surface area contributed by atoms with Crippen LogP contribution in [0.2, 0.25) is 0 Å². The fourth-order valence-corrected chi connectivity index (χ4v) is 1.68. The van der Waals surface area contributed by atoms with Gasteiger partial charge in [-0.1, -0.05) is 0 Å². The molecule has 23 heavy (non-hydrogen) atoms. The molecule has 0 aromatic carbocycles. The molecular weight excluding hydrogens is 328 g/mol. The highest BCUT2D eigenvalue weighted by atomic mass is 32.2. The first-order valence-corrected chi connectivity index (χ1v) is 7.84. The third kappa shape index (κ3) is 9.77. The van der Waals surface area contributed by atoms with Crippen LogP contribution in [0.4, 0.5) is 9.59 Å². The van der Waals surface area contributed by atoms with Crippen molar-refractivity contribution in [1.29, 1.82) is 0 Å². The molecule has 0 aliphatic carbocycles. The summed E-state index contributed by atoms with van der Waals surface area (Å²) in [6.07, 6.45) is -3.02. The van der Waals surface area contributed by atoms with Gasteiger partial charge in [0.15, 0.2) is 12.2 Å². The molecule has 8 nitrogen and oxygen atoms in total. The summed E-state index contributed by atoms with van der Waals surface area (Å²) in [6.45, 7) is 9.23. The second kappa shape index (κ2) is 10.1. The molecule has 0 fully saturated rings. The summed E-state index contributed by atoms with van der Waals surface area (Å²) in [5.41, 5.74) is 0. The number of esters is 2. The Morgan fingerprint density at radius 3 is 1.17 bits per heavy atom. The SMILES string of the molecule is CC(C)OC(=O)[C@H](C)OC(=O)SC(=O)O[C@@H](C)C(=O)OC(C)C. The second-order valence-corrected chi connectivity index (χ2v) is 5.96. The molecule has 0 radical (unpaired) electrons. The summed E-state index contributed by atoms with van der Waals surface area (Å²) < 4.78 is 19.1. The highest BCUT2D eigenvalue weighted by Gasteiger charge is 2.26. The van der Waals surface area contributed by atoms with Crippen molar-refractivity contribution in [3.05, 3.63) is 0 Å². The maximum absolute atomic E-state index is 11.5. The predicted octanol–water partition coefficient (Wildman–Crippen LogP) is 2.67. The van der Waals surface area contributed by atoms with E-state index in [0.29, 0.717) is 0 Å². The van der Waals surface area contributed by atoms with Gasteiger partial charge in [0.2, 0.25) is 0 Å². The van der Waals surface area contributed by atoms with E-state index < -0.39 is 34.7 Å². The van der Waals surface area contributed by atoms with Crippen molar-refractivity contribution in [3.8, 4) is 0 Å². The van der Waals surface area contributed by atoms with Crippen LogP contribution in [-0.4, -0.2) is 47.0 Å². The second-order valence-electron chi connectivity index (χ2n) is 5.09. The molecule has 0 aliphatic heterocycles. The molecule has 0 heterocycles. The molecule has 0 saturated carbocycles. The Bertz CT molecular complexity index is 406.